The van der Waals surface area contributed by atoms with Crippen molar-refractivity contribution in [1.29, 1.82) is 0 Å². The van der Waals surface area contributed by atoms with Crippen LogP contribution in [-0.4, -0.2) is 27.3 Å². The minimum Gasteiger partial charge on any atom is -0.480 e. The highest BCUT2D eigenvalue weighted by Gasteiger charge is 2.21. The Hall–Kier alpha value is -1.92. The number of hydrogen-bond acceptors (Lipinski definition) is 5. The van der Waals surface area contributed by atoms with E-state index in [9.17, 15) is 4.79 Å². The largest absolute Gasteiger partial charge is 0.480 e. The second-order valence-electron chi connectivity index (χ2n) is 4.96. The van der Waals surface area contributed by atoms with Gasteiger partial charge in [-0.2, -0.15) is 4.98 Å². The number of carboxylic acids is 1. The van der Waals surface area contributed by atoms with Crippen LogP contribution in [0.5, 0.6) is 0 Å². The van der Waals surface area contributed by atoms with E-state index in [-0.39, 0.29) is 12.5 Å². The van der Waals surface area contributed by atoms with Crippen molar-refractivity contribution in [3.05, 3.63) is 35.1 Å². The summed E-state index contributed by atoms with van der Waals surface area (Å²) in [5, 5.41) is 16.5. The first-order valence-electron chi connectivity index (χ1n) is 6.52. The van der Waals surface area contributed by atoms with Gasteiger partial charge in [0.2, 0.25) is 0 Å². The van der Waals surface area contributed by atoms with E-state index in [0.717, 1.165) is 5.56 Å². The summed E-state index contributed by atoms with van der Waals surface area (Å²) in [6.45, 7) is 3.90. The highest BCUT2D eigenvalue weighted by Crippen LogP contribution is 2.19. The summed E-state index contributed by atoms with van der Waals surface area (Å²) in [6.07, 6.45) is 0. The van der Waals surface area contributed by atoms with Crippen molar-refractivity contribution in [2.45, 2.75) is 26.4 Å². The summed E-state index contributed by atoms with van der Waals surface area (Å²) < 4.78 is 5.15. The molecule has 1 unspecified atom stereocenters. The molecule has 0 fully saturated rings. The molecule has 0 amide bonds. The van der Waals surface area contributed by atoms with Gasteiger partial charge in [-0.25, -0.2) is 0 Å². The number of halogens is 1. The molecule has 1 atom stereocenters. The van der Waals surface area contributed by atoms with E-state index in [1.165, 1.54) is 0 Å². The fraction of sp³-hybridized carbons (Fsp3) is 0.357. The van der Waals surface area contributed by atoms with Gasteiger partial charge >= 0.3 is 5.97 Å². The van der Waals surface area contributed by atoms with E-state index in [2.05, 4.69) is 15.5 Å². The highest BCUT2D eigenvalue weighted by atomic mass is 35.5. The molecule has 1 heterocycles. The summed E-state index contributed by atoms with van der Waals surface area (Å²) in [7, 11) is 0. The van der Waals surface area contributed by atoms with E-state index in [0.29, 0.717) is 16.7 Å². The van der Waals surface area contributed by atoms with Crippen molar-refractivity contribution < 1.29 is 14.4 Å². The smallest absolute Gasteiger partial charge is 0.320 e. The van der Waals surface area contributed by atoms with Crippen molar-refractivity contribution in [2.75, 3.05) is 0 Å². The zero-order valence-electron chi connectivity index (χ0n) is 11.7. The van der Waals surface area contributed by atoms with Crippen LogP contribution in [0.1, 0.15) is 19.7 Å². The molecule has 21 heavy (non-hydrogen) atoms. The molecule has 0 saturated heterocycles. The fourth-order valence-electron chi connectivity index (χ4n) is 1.84. The maximum Gasteiger partial charge on any atom is 0.320 e. The van der Waals surface area contributed by atoms with Gasteiger partial charge in [0.05, 0.1) is 6.54 Å². The number of nitrogens with one attached hydrogen (secondary N) is 1. The van der Waals surface area contributed by atoms with Crippen molar-refractivity contribution >= 4 is 17.6 Å². The zero-order chi connectivity index (χ0) is 15.4. The van der Waals surface area contributed by atoms with E-state index in [1.54, 1.807) is 24.3 Å². The SMILES string of the molecule is CC(C)C(NCc1noc(-c2ccc(Cl)cc2)n1)C(=O)O. The molecular weight excluding hydrogens is 294 g/mol. The summed E-state index contributed by atoms with van der Waals surface area (Å²) in [6, 6.07) is 6.38. The Balaban J connectivity index is 2.03. The third-order valence-corrected chi connectivity index (χ3v) is 3.22. The Morgan fingerprint density at radius 2 is 2.05 bits per heavy atom. The van der Waals surface area contributed by atoms with Gasteiger partial charge in [-0.3, -0.25) is 10.1 Å². The number of benzene rings is 1. The maximum atomic E-state index is 11.1. The Kier molecular flexibility index (Phi) is 4.93. The molecule has 0 aliphatic carbocycles. The molecular formula is C14H16ClN3O3. The van der Waals surface area contributed by atoms with Gasteiger partial charge in [-0.05, 0) is 30.2 Å². The van der Waals surface area contributed by atoms with Crippen LogP contribution in [0.4, 0.5) is 0 Å². The molecule has 2 rings (SSSR count). The average molecular weight is 310 g/mol. The number of carboxylic acid groups (broad SMARTS) is 1. The van der Waals surface area contributed by atoms with Gasteiger partial charge in [-0.15, -0.1) is 0 Å². The molecule has 0 aliphatic heterocycles. The van der Waals surface area contributed by atoms with Crippen LogP contribution >= 0.6 is 11.6 Å². The second kappa shape index (κ2) is 6.69. The molecule has 6 nitrogen and oxygen atoms in total. The van der Waals surface area contributed by atoms with Gasteiger partial charge in [-0.1, -0.05) is 30.6 Å². The number of aromatic nitrogens is 2. The second-order valence-corrected chi connectivity index (χ2v) is 5.40. The molecule has 0 spiro atoms. The third-order valence-electron chi connectivity index (χ3n) is 2.97. The van der Waals surface area contributed by atoms with Crippen LogP contribution < -0.4 is 5.32 Å². The predicted octanol–water partition coefficient (Wildman–Crippen LogP) is 2.59. The van der Waals surface area contributed by atoms with Gasteiger partial charge < -0.3 is 9.63 Å². The molecule has 1 aromatic carbocycles. The van der Waals surface area contributed by atoms with Crippen LogP contribution in [0.15, 0.2) is 28.8 Å². The van der Waals surface area contributed by atoms with Crippen molar-refractivity contribution in [3.63, 3.8) is 0 Å². The molecule has 112 valence electrons. The van der Waals surface area contributed by atoms with Crippen LogP contribution in [0, 0.1) is 5.92 Å². The van der Waals surface area contributed by atoms with E-state index >= 15 is 0 Å². The first-order chi connectivity index (χ1) is 9.97. The number of rotatable bonds is 6. The summed E-state index contributed by atoms with van der Waals surface area (Å²) in [5.41, 5.74) is 0.761. The molecule has 2 N–H and O–H groups in total. The molecule has 0 bridgehead atoms. The molecule has 7 heteroatoms. The Morgan fingerprint density at radius 3 is 2.62 bits per heavy atom. The van der Waals surface area contributed by atoms with E-state index in [1.807, 2.05) is 13.8 Å². The quantitative estimate of drug-likeness (QED) is 0.852. The van der Waals surface area contributed by atoms with Crippen LogP contribution in [0.2, 0.25) is 5.02 Å². The van der Waals surface area contributed by atoms with E-state index < -0.39 is 12.0 Å². The third kappa shape index (κ3) is 4.03. The lowest BCUT2D eigenvalue weighted by Gasteiger charge is -2.16. The summed E-state index contributed by atoms with van der Waals surface area (Å²) >= 11 is 5.82. The molecule has 0 aliphatic rings. The van der Waals surface area contributed by atoms with E-state index in [4.69, 9.17) is 21.2 Å². The van der Waals surface area contributed by atoms with Gasteiger partial charge in [0, 0.05) is 10.6 Å². The van der Waals surface area contributed by atoms with Gasteiger partial charge in [0.15, 0.2) is 5.82 Å². The number of nitrogens with zero attached hydrogens (tertiary/aromatic N) is 2. The lowest BCUT2D eigenvalue weighted by atomic mass is 10.1. The van der Waals surface area contributed by atoms with Crippen LogP contribution in [-0.2, 0) is 11.3 Å². The Morgan fingerprint density at radius 1 is 1.38 bits per heavy atom. The van der Waals surface area contributed by atoms with Crippen LogP contribution in [0.25, 0.3) is 11.5 Å². The lowest BCUT2D eigenvalue weighted by Crippen LogP contribution is -2.40. The summed E-state index contributed by atoms with van der Waals surface area (Å²) in [4.78, 5) is 15.3. The Bertz CT molecular complexity index is 610. The van der Waals surface area contributed by atoms with Crippen LogP contribution in [0.3, 0.4) is 0 Å². The van der Waals surface area contributed by atoms with Gasteiger partial charge in [0.1, 0.15) is 6.04 Å². The van der Waals surface area contributed by atoms with Gasteiger partial charge in [0.25, 0.3) is 5.89 Å². The normalized spacial score (nSPS) is 12.6. The topological polar surface area (TPSA) is 88.3 Å². The van der Waals surface area contributed by atoms with Crippen molar-refractivity contribution in [3.8, 4) is 11.5 Å². The molecule has 1 aromatic heterocycles. The minimum atomic E-state index is -0.897. The fourth-order valence-corrected chi connectivity index (χ4v) is 1.97. The lowest BCUT2D eigenvalue weighted by molar-refractivity contribution is -0.140. The maximum absolute atomic E-state index is 11.1. The minimum absolute atomic E-state index is 0.0369. The first-order valence-corrected chi connectivity index (χ1v) is 6.90. The first kappa shape index (κ1) is 15.5. The standard InChI is InChI=1S/C14H16ClN3O3/c1-8(2)12(14(19)20)16-7-11-17-13(21-18-11)9-3-5-10(15)6-4-9/h3-6,8,12,16H,7H2,1-2H3,(H,19,20). The predicted molar refractivity (Wildman–Crippen MR) is 77.8 cm³/mol. The zero-order valence-corrected chi connectivity index (χ0v) is 12.5. The molecule has 2 aromatic rings. The summed E-state index contributed by atoms with van der Waals surface area (Å²) in [5.74, 6) is -0.150. The van der Waals surface area contributed by atoms with Crippen molar-refractivity contribution in [1.82, 2.24) is 15.5 Å². The number of hydrogen-bond donors (Lipinski definition) is 2. The molecule has 0 saturated carbocycles. The van der Waals surface area contributed by atoms with Crippen molar-refractivity contribution in [2.24, 2.45) is 5.92 Å². The monoisotopic (exact) mass is 309 g/mol. The highest BCUT2D eigenvalue weighted by molar-refractivity contribution is 6.30. The molecule has 0 radical (unpaired) electrons. The average Bonchev–Trinajstić information content (AvgIpc) is 2.87. The number of carbonyl (C=O) groups is 1. The number of aliphatic carboxylic acids is 1. The Labute approximate surface area is 127 Å².